The van der Waals surface area contributed by atoms with E-state index in [1.54, 1.807) is 17.9 Å². The normalized spacial score (nSPS) is 25.7. The molecule has 1 fully saturated rings. The summed E-state index contributed by atoms with van der Waals surface area (Å²) < 4.78 is 7.00. The van der Waals surface area contributed by atoms with Crippen LogP contribution in [0.3, 0.4) is 0 Å². The van der Waals surface area contributed by atoms with Gasteiger partial charge in [0.2, 0.25) is 0 Å². The Labute approximate surface area is 88.4 Å². The fourth-order valence-electron chi connectivity index (χ4n) is 1.86. The summed E-state index contributed by atoms with van der Waals surface area (Å²) in [6.45, 7) is 2.74. The average molecular weight is 209 g/mol. The Hall–Kier alpha value is -1.23. The van der Waals surface area contributed by atoms with E-state index in [0.717, 1.165) is 6.42 Å². The first-order valence-electron chi connectivity index (χ1n) is 5.16. The lowest BCUT2D eigenvalue weighted by Crippen LogP contribution is -2.26. The van der Waals surface area contributed by atoms with Gasteiger partial charge in [-0.25, -0.2) is 0 Å². The van der Waals surface area contributed by atoms with E-state index in [-0.39, 0.29) is 11.9 Å². The Morgan fingerprint density at radius 3 is 3.07 bits per heavy atom. The number of hydrogen-bond donors (Lipinski definition) is 0. The summed E-state index contributed by atoms with van der Waals surface area (Å²) >= 11 is 0. The number of rotatable bonds is 3. The molecule has 5 heteroatoms. The van der Waals surface area contributed by atoms with Crippen LogP contribution in [0.1, 0.15) is 19.0 Å². The van der Waals surface area contributed by atoms with Crippen LogP contribution in [0.25, 0.3) is 0 Å². The Morgan fingerprint density at radius 2 is 2.53 bits per heavy atom. The minimum atomic E-state index is -0.244. The monoisotopic (exact) mass is 209 g/mol. The Kier molecular flexibility index (Phi) is 2.81. The molecular formula is C10H15N3O2. The minimum Gasteiger partial charge on any atom is -0.370 e. The fourth-order valence-corrected chi connectivity index (χ4v) is 1.86. The van der Waals surface area contributed by atoms with Gasteiger partial charge in [-0.3, -0.25) is 9.48 Å². The van der Waals surface area contributed by atoms with E-state index < -0.39 is 0 Å². The van der Waals surface area contributed by atoms with E-state index in [1.165, 1.54) is 0 Å². The molecule has 2 heterocycles. The van der Waals surface area contributed by atoms with Crippen molar-refractivity contribution in [2.24, 2.45) is 13.0 Å². The van der Waals surface area contributed by atoms with Crippen LogP contribution in [0.15, 0.2) is 6.20 Å². The van der Waals surface area contributed by atoms with Crippen molar-refractivity contribution >= 4 is 5.78 Å². The smallest absolute Gasteiger partial charge is 0.167 e. The molecule has 82 valence electrons. The Morgan fingerprint density at radius 1 is 1.73 bits per heavy atom. The number of aromatic nitrogens is 3. The molecule has 1 saturated heterocycles. The van der Waals surface area contributed by atoms with E-state index >= 15 is 0 Å². The van der Waals surface area contributed by atoms with Crippen molar-refractivity contribution in [3.63, 3.8) is 0 Å². The highest BCUT2D eigenvalue weighted by atomic mass is 16.5. The van der Waals surface area contributed by atoms with Gasteiger partial charge in [0.1, 0.15) is 6.10 Å². The number of carbonyl (C=O) groups excluding carboxylic acids is 1. The first-order valence-corrected chi connectivity index (χ1v) is 5.16. The maximum Gasteiger partial charge on any atom is 0.167 e. The molecular weight excluding hydrogens is 194 g/mol. The second-order valence-corrected chi connectivity index (χ2v) is 4.08. The summed E-state index contributed by atoms with van der Waals surface area (Å²) in [6, 6.07) is 0. The predicted molar refractivity (Wildman–Crippen MR) is 53.2 cm³/mol. The second-order valence-electron chi connectivity index (χ2n) is 4.08. The van der Waals surface area contributed by atoms with Crippen LogP contribution >= 0.6 is 0 Å². The molecule has 1 aromatic rings. The lowest BCUT2D eigenvalue weighted by atomic mass is 9.98. The first-order chi connectivity index (χ1) is 7.16. The standard InChI is InChI=1S/C10H15N3O2/c1-7-3-4-15-10(7)9(14)5-8-6-13(2)12-11-8/h6-7,10H,3-5H2,1-2H3. The number of aryl methyl sites for hydroxylation is 1. The van der Waals surface area contributed by atoms with E-state index in [1.807, 2.05) is 6.92 Å². The zero-order valence-corrected chi connectivity index (χ0v) is 9.01. The van der Waals surface area contributed by atoms with Gasteiger partial charge in [0.25, 0.3) is 0 Å². The van der Waals surface area contributed by atoms with Crippen LogP contribution in [0.5, 0.6) is 0 Å². The third kappa shape index (κ3) is 2.23. The third-order valence-electron chi connectivity index (χ3n) is 2.71. The quantitative estimate of drug-likeness (QED) is 0.721. The molecule has 2 atom stereocenters. The molecule has 0 aromatic carbocycles. The van der Waals surface area contributed by atoms with E-state index in [0.29, 0.717) is 24.6 Å². The maximum absolute atomic E-state index is 11.8. The Bertz CT molecular complexity index is 361. The van der Waals surface area contributed by atoms with Gasteiger partial charge >= 0.3 is 0 Å². The highest BCUT2D eigenvalue weighted by molar-refractivity contribution is 5.85. The van der Waals surface area contributed by atoms with Crippen molar-refractivity contribution in [3.8, 4) is 0 Å². The SMILES string of the molecule is CC1CCOC1C(=O)Cc1cn(C)nn1. The van der Waals surface area contributed by atoms with Crippen LogP contribution in [0.4, 0.5) is 0 Å². The molecule has 1 aliphatic rings. The second kappa shape index (κ2) is 4.10. The van der Waals surface area contributed by atoms with Crippen molar-refractivity contribution in [2.75, 3.05) is 6.61 Å². The molecule has 0 saturated carbocycles. The molecule has 15 heavy (non-hydrogen) atoms. The number of ether oxygens (including phenoxy) is 1. The van der Waals surface area contributed by atoms with Gasteiger partial charge in [0.05, 0.1) is 12.1 Å². The number of Topliss-reactive ketones (excluding diaryl/α,β-unsaturated/α-hetero) is 1. The van der Waals surface area contributed by atoms with Gasteiger partial charge in [0, 0.05) is 19.9 Å². The lowest BCUT2D eigenvalue weighted by molar-refractivity contribution is -0.128. The highest BCUT2D eigenvalue weighted by Gasteiger charge is 2.30. The van der Waals surface area contributed by atoms with Crippen molar-refractivity contribution in [1.82, 2.24) is 15.0 Å². The van der Waals surface area contributed by atoms with Crippen molar-refractivity contribution < 1.29 is 9.53 Å². The van der Waals surface area contributed by atoms with Gasteiger partial charge < -0.3 is 4.74 Å². The molecule has 5 nitrogen and oxygen atoms in total. The maximum atomic E-state index is 11.8. The molecule has 2 rings (SSSR count). The van der Waals surface area contributed by atoms with Crippen LogP contribution in [0.2, 0.25) is 0 Å². The number of ketones is 1. The van der Waals surface area contributed by atoms with E-state index in [9.17, 15) is 4.79 Å². The first kappa shape index (κ1) is 10.3. The lowest BCUT2D eigenvalue weighted by Gasteiger charge is -2.11. The largest absolute Gasteiger partial charge is 0.370 e. The molecule has 1 aliphatic heterocycles. The minimum absolute atomic E-state index is 0.112. The molecule has 0 amide bonds. The van der Waals surface area contributed by atoms with Crippen LogP contribution in [-0.4, -0.2) is 33.5 Å². The van der Waals surface area contributed by atoms with Crippen molar-refractivity contribution in [3.05, 3.63) is 11.9 Å². The average Bonchev–Trinajstić information content (AvgIpc) is 2.75. The molecule has 0 radical (unpaired) electrons. The van der Waals surface area contributed by atoms with Crippen LogP contribution in [0, 0.1) is 5.92 Å². The number of nitrogens with zero attached hydrogens (tertiary/aromatic N) is 3. The summed E-state index contributed by atoms with van der Waals surface area (Å²) in [5, 5.41) is 7.68. The zero-order chi connectivity index (χ0) is 10.8. The number of carbonyl (C=O) groups is 1. The van der Waals surface area contributed by atoms with Gasteiger partial charge in [-0.05, 0) is 12.3 Å². The van der Waals surface area contributed by atoms with Gasteiger partial charge in [-0.1, -0.05) is 12.1 Å². The Balaban J connectivity index is 1.97. The summed E-state index contributed by atoms with van der Waals surface area (Å²) in [5.74, 6) is 0.440. The summed E-state index contributed by atoms with van der Waals surface area (Å²) in [4.78, 5) is 11.8. The van der Waals surface area contributed by atoms with Gasteiger partial charge in [-0.15, -0.1) is 5.10 Å². The van der Waals surface area contributed by atoms with Crippen molar-refractivity contribution in [1.29, 1.82) is 0 Å². The van der Waals surface area contributed by atoms with Crippen LogP contribution < -0.4 is 0 Å². The highest BCUT2D eigenvalue weighted by Crippen LogP contribution is 2.21. The zero-order valence-electron chi connectivity index (χ0n) is 9.01. The molecule has 0 spiro atoms. The van der Waals surface area contributed by atoms with Gasteiger partial charge in [0.15, 0.2) is 5.78 Å². The van der Waals surface area contributed by atoms with Gasteiger partial charge in [-0.2, -0.15) is 0 Å². The summed E-state index contributed by atoms with van der Waals surface area (Å²) in [7, 11) is 1.79. The van der Waals surface area contributed by atoms with E-state index in [2.05, 4.69) is 10.3 Å². The fraction of sp³-hybridized carbons (Fsp3) is 0.700. The molecule has 0 aliphatic carbocycles. The molecule has 1 aromatic heterocycles. The predicted octanol–water partition coefficient (Wildman–Crippen LogP) is 0.352. The van der Waals surface area contributed by atoms with E-state index in [4.69, 9.17) is 4.74 Å². The number of hydrogen-bond acceptors (Lipinski definition) is 4. The van der Waals surface area contributed by atoms with Crippen molar-refractivity contribution in [2.45, 2.75) is 25.9 Å². The summed E-state index contributed by atoms with van der Waals surface area (Å²) in [5.41, 5.74) is 0.713. The molecule has 0 N–H and O–H groups in total. The molecule has 2 unspecified atom stereocenters. The van der Waals surface area contributed by atoms with Crippen LogP contribution in [-0.2, 0) is 23.0 Å². The molecule has 0 bridgehead atoms. The third-order valence-corrected chi connectivity index (χ3v) is 2.71. The topological polar surface area (TPSA) is 57.0 Å². The summed E-state index contributed by atoms with van der Waals surface area (Å²) in [6.07, 6.45) is 2.81.